The van der Waals surface area contributed by atoms with Gasteiger partial charge in [0.05, 0.1) is 0 Å². The van der Waals surface area contributed by atoms with Crippen molar-refractivity contribution < 1.29 is 13.2 Å². The summed E-state index contributed by atoms with van der Waals surface area (Å²) in [6, 6.07) is 1.07. The lowest BCUT2D eigenvalue weighted by molar-refractivity contribution is -0.141. The second kappa shape index (κ2) is 3.15. The molecule has 1 aliphatic rings. The van der Waals surface area contributed by atoms with E-state index in [2.05, 4.69) is 5.10 Å². The van der Waals surface area contributed by atoms with Crippen molar-refractivity contribution >= 4 is 11.6 Å². The molecule has 0 unspecified atom stereocenters. The van der Waals surface area contributed by atoms with E-state index in [-0.39, 0.29) is 11.9 Å². The molecule has 1 aromatic heterocycles. The number of hydrogen-bond donors (Lipinski definition) is 0. The summed E-state index contributed by atoms with van der Waals surface area (Å²) >= 11 is 5.50. The van der Waals surface area contributed by atoms with Gasteiger partial charge in [-0.1, -0.05) is 0 Å². The maximum Gasteiger partial charge on any atom is 0.435 e. The zero-order valence-corrected chi connectivity index (χ0v) is 7.94. The number of alkyl halides is 4. The third-order valence-electron chi connectivity index (χ3n) is 2.21. The van der Waals surface area contributed by atoms with Crippen molar-refractivity contribution in [2.75, 3.05) is 0 Å². The predicted octanol–water partition coefficient (Wildman–Crippen LogP) is 2.98. The van der Waals surface area contributed by atoms with Crippen LogP contribution in [-0.2, 0) is 12.2 Å². The molecule has 6 heteroatoms. The Hall–Kier alpha value is -0.710. The Morgan fingerprint density at radius 2 is 2.14 bits per heavy atom. The second-order valence-corrected chi connectivity index (χ2v) is 3.58. The highest BCUT2D eigenvalue weighted by Gasteiger charge is 2.37. The summed E-state index contributed by atoms with van der Waals surface area (Å²) < 4.78 is 38.1. The summed E-state index contributed by atoms with van der Waals surface area (Å²) in [7, 11) is 0. The Bertz CT molecular complexity index is 341. The fourth-order valence-corrected chi connectivity index (χ4v) is 1.56. The van der Waals surface area contributed by atoms with E-state index >= 15 is 0 Å². The van der Waals surface area contributed by atoms with Gasteiger partial charge in [-0.2, -0.15) is 18.3 Å². The Balaban J connectivity index is 2.35. The fourth-order valence-electron chi connectivity index (χ4n) is 1.37. The maximum atomic E-state index is 12.3. The van der Waals surface area contributed by atoms with Gasteiger partial charge in [-0.3, -0.25) is 4.68 Å². The van der Waals surface area contributed by atoms with Crippen LogP contribution in [0.4, 0.5) is 13.2 Å². The molecule has 1 fully saturated rings. The quantitative estimate of drug-likeness (QED) is 0.707. The van der Waals surface area contributed by atoms with Crippen molar-refractivity contribution in [3.63, 3.8) is 0 Å². The molecular formula is C8H8ClF3N2. The number of hydrogen-bond acceptors (Lipinski definition) is 1. The van der Waals surface area contributed by atoms with Crippen LogP contribution in [0.3, 0.4) is 0 Å². The molecule has 0 atom stereocenters. The van der Waals surface area contributed by atoms with E-state index in [9.17, 15) is 13.2 Å². The van der Waals surface area contributed by atoms with Crippen LogP contribution < -0.4 is 0 Å². The third-order valence-corrected chi connectivity index (χ3v) is 2.44. The molecule has 2 rings (SSSR count). The smallest absolute Gasteiger partial charge is 0.254 e. The molecule has 0 N–H and O–H groups in total. The second-order valence-electron chi connectivity index (χ2n) is 3.35. The van der Waals surface area contributed by atoms with E-state index in [1.54, 1.807) is 0 Å². The van der Waals surface area contributed by atoms with E-state index in [0.29, 0.717) is 5.69 Å². The number of nitrogens with zero attached hydrogens (tertiary/aromatic N) is 2. The summed E-state index contributed by atoms with van der Waals surface area (Å²) in [5.74, 6) is 0.220. The first-order valence-electron chi connectivity index (χ1n) is 4.23. The number of rotatable bonds is 2. The van der Waals surface area contributed by atoms with Crippen LogP contribution in [0.1, 0.15) is 30.1 Å². The van der Waals surface area contributed by atoms with Crippen LogP contribution in [0.25, 0.3) is 0 Å². The first kappa shape index (κ1) is 9.83. The summed E-state index contributed by atoms with van der Waals surface area (Å²) in [6.45, 7) is 0. The van der Waals surface area contributed by atoms with Crippen LogP contribution in [0.15, 0.2) is 6.07 Å². The first-order chi connectivity index (χ1) is 6.52. The summed E-state index contributed by atoms with van der Waals surface area (Å²) in [5.41, 5.74) is -0.243. The topological polar surface area (TPSA) is 17.8 Å². The summed E-state index contributed by atoms with van der Waals surface area (Å²) in [5, 5.41) is 3.42. The molecule has 1 aromatic rings. The maximum absolute atomic E-state index is 12.3. The van der Waals surface area contributed by atoms with E-state index in [1.807, 2.05) is 0 Å². The molecule has 0 aliphatic heterocycles. The Kier molecular flexibility index (Phi) is 2.21. The van der Waals surface area contributed by atoms with Crippen LogP contribution in [0, 0.1) is 0 Å². The molecule has 0 saturated heterocycles. The molecule has 0 radical (unpaired) electrons. The average molecular weight is 225 g/mol. The first-order valence-corrected chi connectivity index (χ1v) is 4.76. The number of halogens is 4. The van der Waals surface area contributed by atoms with Crippen LogP contribution in [0.5, 0.6) is 0 Å². The van der Waals surface area contributed by atoms with Gasteiger partial charge in [0.2, 0.25) is 0 Å². The SMILES string of the molecule is FC(F)(F)c1cc(C2CC2)n(CCl)n1. The average Bonchev–Trinajstić information content (AvgIpc) is 2.82. The minimum atomic E-state index is -4.37. The Morgan fingerprint density at radius 3 is 2.57 bits per heavy atom. The lowest BCUT2D eigenvalue weighted by atomic mass is 10.2. The minimum absolute atomic E-state index is 0.0259. The van der Waals surface area contributed by atoms with Crippen LogP contribution in [-0.4, -0.2) is 9.78 Å². The van der Waals surface area contributed by atoms with Crippen LogP contribution in [0.2, 0.25) is 0 Å². The lowest BCUT2D eigenvalue weighted by Gasteiger charge is -2.00. The van der Waals surface area contributed by atoms with Gasteiger partial charge >= 0.3 is 6.18 Å². The van der Waals surface area contributed by atoms with Crippen molar-refractivity contribution in [1.82, 2.24) is 9.78 Å². The molecule has 0 aromatic carbocycles. The van der Waals surface area contributed by atoms with E-state index in [4.69, 9.17) is 11.6 Å². The van der Waals surface area contributed by atoms with Gasteiger partial charge in [0.15, 0.2) is 5.69 Å². The highest BCUT2D eigenvalue weighted by molar-refractivity contribution is 6.15. The standard InChI is InChI=1S/C8H8ClF3N2/c9-4-14-6(5-1-2-5)3-7(13-14)8(10,11)12/h3,5H,1-2,4H2. The van der Waals surface area contributed by atoms with E-state index in [1.165, 1.54) is 4.68 Å². The van der Waals surface area contributed by atoms with E-state index in [0.717, 1.165) is 18.9 Å². The molecule has 0 amide bonds. The van der Waals surface area contributed by atoms with Crippen molar-refractivity contribution in [1.29, 1.82) is 0 Å². The highest BCUT2D eigenvalue weighted by Crippen LogP contribution is 2.42. The Morgan fingerprint density at radius 1 is 1.50 bits per heavy atom. The molecule has 2 nitrogen and oxygen atoms in total. The summed E-state index contributed by atoms with van der Waals surface area (Å²) in [4.78, 5) is 0. The third kappa shape index (κ3) is 1.73. The molecule has 0 bridgehead atoms. The van der Waals surface area contributed by atoms with Gasteiger partial charge in [-0.25, -0.2) is 0 Å². The van der Waals surface area contributed by atoms with Gasteiger partial charge in [0, 0.05) is 11.6 Å². The molecule has 14 heavy (non-hydrogen) atoms. The van der Waals surface area contributed by atoms with Crippen molar-refractivity contribution in [3.8, 4) is 0 Å². The molecule has 1 saturated carbocycles. The zero-order chi connectivity index (χ0) is 10.3. The highest BCUT2D eigenvalue weighted by atomic mass is 35.5. The molecule has 1 heterocycles. The van der Waals surface area contributed by atoms with Gasteiger partial charge < -0.3 is 0 Å². The zero-order valence-electron chi connectivity index (χ0n) is 7.18. The van der Waals surface area contributed by atoms with Crippen molar-refractivity contribution in [3.05, 3.63) is 17.5 Å². The molecule has 0 spiro atoms. The van der Waals surface area contributed by atoms with Crippen molar-refractivity contribution in [2.45, 2.75) is 30.9 Å². The molecule has 1 aliphatic carbocycles. The van der Waals surface area contributed by atoms with Crippen molar-refractivity contribution in [2.24, 2.45) is 0 Å². The normalized spacial score (nSPS) is 17.4. The van der Waals surface area contributed by atoms with Gasteiger partial charge in [0.25, 0.3) is 0 Å². The fraction of sp³-hybridized carbons (Fsp3) is 0.625. The molecule has 78 valence electrons. The van der Waals surface area contributed by atoms with Gasteiger partial charge in [0.1, 0.15) is 6.00 Å². The van der Waals surface area contributed by atoms with Crippen LogP contribution >= 0.6 is 11.6 Å². The van der Waals surface area contributed by atoms with Gasteiger partial charge in [-0.05, 0) is 18.9 Å². The summed E-state index contributed by atoms with van der Waals surface area (Å²) in [6.07, 6.45) is -2.51. The monoisotopic (exact) mass is 224 g/mol. The molecular weight excluding hydrogens is 217 g/mol. The Labute approximate surface area is 83.7 Å². The lowest BCUT2D eigenvalue weighted by Crippen LogP contribution is -2.07. The number of aromatic nitrogens is 2. The minimum Gasteiger partial charge on any atom is -0.254 e. The van der Waals surface area contributed by atoms with E-state index < -0.39 is 11.9 Å². The predicted molar refractivity (Wildman–Crippen MR) is 45.1 cm³/mol. The van der Waals surface area contributed by atoms with Gasteiger partial charge in [-0.15, -0.1) is 11.6 Å². The largest absolute Gasteiger partial charge is 0.435 e.